The molecule has 0 aliphatic carbocycles. The third-order valence-electron chi connectivity index (χ3n) is 3.42. The number of aromatic nitrogens is 3. The fourth-order valence-corrected chi connectivity index (χ4v) is 2.20. The van der Waals surface area contributed by atoms with Crippen molar-refractivity contribution in [1.82, 2.24) is 15.0 Å². The predicted molar refractivity (Wildman–Crippen MR) is 90.2 cm³/mol. The Bertz CT molecular complexity index is 888. The number of phenols is 1. The van der Waals surface area contributed by atoms with Gasteiger partial charge in [0.25, 0.3) is 0 Å². The summed E-state index contributed by atoms with van der Waals surface area (Å²) in [5.41, 5.74) is 1.80. The van der Waals surface area contributed by atoms with Crippen molar-refractivity contribution in [1.29, 1.82) is 0 Å². The highest BCUT2D eigenvalue weighted by molar-refractivity contribution is 5.86. The first kappa shape index (κ1) is 16.5. The monoisotopic (exact) mass is 339 g/mol. The van der Waals surface area contributed by atoms with Gasteiger partial charge in [0, 0.05) is 0 Å². The van der Waals surface area contributed by atoms with E-state index in [4.69, 9.17) is 9.47 Å². The lowest BCUT2D eigenvalue weighted by Crippen LogP contribution is -2.04. The highest BCUT2D eigenvalue weighted by atomic mass is 16.5. The molecule has 0 spiro atoms. The SMILES string of the molecule is CCOC(=O)c1cn(-c2ccc(Oc3ccc(C)cc3O)cc2)nn1. The van der Waals surface area contributed by atoms with E-state index >= 15 is 0 Å². The number of nitrogens with zero attached hydrogens (tertiary/aromatic N) is 3. The van der Waals surface area contributed by atoms with Gasteiger partial charge >= 0.3 is 5.97 Å². The van der Waals surface area contributed by atoms with E-state index < -0.39 is 5.97 Å². The Morgan fingerprint density at radius 2 is 1.96 bits per heavy atom. The van der Waals surface area contributed by atoms with Crippen molar-refractivity contribution in [3.63, 3.8) is 0 Å². The van der Waals surface area contributed by atoms with Crippen molar-refractivity contribution in [2.75, 3.05) is 6.61 Å². The summed E-state index contributed by atoms with van der Waals surface area (Å²) in [6, 6.07) is 12.2. The summed E-state index contributed by atoms with van der Waals surface area (Å²) in [6.07, 6.45) is 1.50. The van der Waals surface area contributed by atoms with E-state index in [0.717, 1.165) is 5.56 Å². The van der Waals surface area contributed by atoms with Gasteiger partial charge in [0.05, 0.1) is 18.5 Å². The quantitative estimate of drug-likeness (QED) is 0.718. The summed E-state index contributed by atoms with van der Waals surface area (Å²) in [5.74, 6) is 0.514. The third kappa shape index (κ3) is 3.77. The van der Waals surface area contributed by atoms with Crippen LogP contribution in [0.2, 0.25) is 0 Å². The first-order valence-electron chi connectivity index (χ1n) is 7.74. The van der Waals surface area contributed by atoms with E-state index in [9.17, 15) is 9.90 Å². The van der Waals surface area contributed by atoms with Crippen LogP contribution in [0.3, 0.4) is 0 Å². The normalized spacial score (nSPS) is 10.5. The molecule has 0 aliphatic heterocycles. The zero-order valence-corrected chi connectivity index (χ0v) is 13.8. The molecule has 1 aromatic heterocycles. The zero-order chi connectivity index (χ0) is 17.8. The molecule has 0 unspecified atom stereocenters. The number of aryl methyl sites for hydroxylation is 1. The zero-order valence-electron chi connectivity index (χ0n) is 13.8. The van der Waals surface area contributed by atoms with Crippen molar-refractivity contribution in [3.8, 4) is 22.9 Å². The Labute approximate surface area is 144 Å². The van der Waals surface area contributed by atoms with E-state index in [0.29, 0.717) is 17.2 Å². The van der Waals surface area contributed by atoms with E-state index in [-0.39, 0.29) is 18.1 Å². The number of esters is 1. The van der Waals surface area contributed by atoms with Gasteiger partial charge in [-0.25, -0.2) is 9.48 Å². The summed E-state index contributed by atoms with van der Waals surface area (Å²) < 4.78 is 12.0. The minimum Gasteiger partial charge on any atom is -0.504 e. The van der Waals surface area contributed by atoms with Gasteiger partial charge in [0.15, 0.2) is 17.2 Å². The largest absolute Gasteiger partial charge is 0.504 e. The second-order valence-electron chi connectivity index (χ2n) is 5.34. The molecule has 0 saturated carbocycles. The lowest BCUT2D eigenvalue weighted by Gasteiger charge is -2.09. The van der Waals surface area contributed by atoms with Crippen LogP contribution in [0.25, 0.3) is 5.69 Å². The summed E-state index contributed by atoms with van der Waals surface area (Å²) >= 11 is 0. The molecule has 128 valence electrons. The molecule has 7 heteroatoms. The molecule has 0 radical (unpaired) electrons. The second kappa shape index (κ2) is 7.04. The summed E-state index contributed by atoms with van der Waals surface area (Å²) in [5, 5.41) is 17.6. The molecular formula is C18H17N3O4. The standard InChI is InChI=1S/C18H17N3O4/c1-3-24-18(23)15-11-21(20-19-15)13-5-7-14(8-6-13)25-17-9-4-12(2)10-16(17)22/h4-11,22H,3H2,1-2H3. The van der Waals surface area contributed by atoms with Gasteiger partial charge in [0.2, 0.25) is 0 Å². The Kier molecular flexibility index (Phi) is 4.65. The smallest absolute Gasteiger partial charge is 0.360 e. The molecular weight excluding hydrogens is 322 g/mol. The van der Waals surface area contributed by atoms with Crippen LogP contribution in [0.15, 0.2) is 48.7 Å². The lowest BCUT2D eigenvalue weighted by molar-refractivity contribution is 0.0519. The number of hydrogen-bond acceptors (Lipinski definition) is 6. The van der Waals surface area contributed by atoms with Crippen LogP contribution < -0.4 is 4.74 Å². The van der Waals surface area contributed by atoms with Crippen LogP contribution in [0, 0.1) is 6.92 Å². The summed E-state index contributed by atoms with van der Waals surface area (Å²) in [7, 11) is 0. The molecule has 0 atom stereocenters. The van der Waals surface area contributed by atoms with Crippen LogP contribution in [0.4, 0.5) is 0 Å². The Hall–Kier alpha value is -3.35. The number of benzene rings is 2. The van der Waals surface area contributed by atoms with Crippen molar-refractivity contribution in [3.05, 3.63) is 59.9 Å². The van der Waals surface area contributed by atoms with Crippen LogP contribution in [0.5, 0.6) is 17.2 Å². The van der Waals surface area contributed by atoms with Gasteiger partial charge in [-0.2, -0.15) is 0 Å². The Morgan fingerprint density at radius 1 is 1.20 bits per heavy atom. The number of ether oxygens (including phenoxy) is 2. The molecule has 2 aromatic carbocycles. The number of phenolic OH excluding ortho intramolecular Hbond substituents is 1. The van der Waals surface area contributed by atoms with Gasteiger partial charge in [-0.3, -0.25) is 0 Å². The van der Waals surface area contributed by atoms with E-state index in [1.165, 1.54) is 10.9 Å². The molecule has 3 aromatic rings. The highest BCUT2D eigenvalue weighted by Crippen LogP contribution is 2.31. The number of rotatable bonds is 5. The van der Waals surface area contributed by atoms with Crippen LogP contribution in [0.1, 0.15) is 23.0 Å². The van der Waals surface area contributed by atoms with E-state index in [1.54, 1.807) is 43.3 Å². The van der Waals surface area contributed by atoms with Crippen molar-refractivity contribution in [2.45, 2.75) is 13.8 Å². The number of carbonyl (C=O) groups is 1. The van der Waals surface area contributed by atoms with Gasteiger partial charge in [-0.15, -0.1) is 5.10 Å². The molecule has 0 bridgehead atoms. The average molecular weight is 339 g/mol. The number of hydrogen-bond donors (Lipinski definition) is 1. The molecule has 7 nitrogen and oxygen atoms in total. The molecule has 3 rings (SSSR count). The van der Waals surface area contributed by atoms with Crippen molar-refractivity contribution < 1.29 is 19.4 Å². The van der Waals surface area contributed by atoms with Gasteiger partial charge < -0.3 is 14.6 Å². The molecule has 25 heavy (non-hydrogen) atoms. The van der Waals surface area contributed by atoms with Crippen molar-refractivity contribution >= 4 is 5.97 Å². The molecule has 0 saturated heterocycles. The summed E-state index contributed by atoms with van der Waals surface area (Å²) in [4.78, 5) is 11.6. The van der Waals surface area contributed by atoms with Gasteiger partial charge in [-0.05, 0) is 55.8 Å². The van der Waals surface area contributed by atoms with E-state index in [1.807, 2.05) is 13.0 Å². The van der Waals surface area contributed by atoms with E-state index in [2.05, 4.69) is 10.3 Å². The van der Waals surface area contributed by atoms with Crippen LogP contribution in [-0.4, -0.2) is 32.7 Å². The van der Waals surface area contributed by atoms with Crippen LogP contribution in [-0.2, 0) is 4.74 Å². The Morgan fingerprint density at radius 3 is 2.64 bits per heavy atom. The minimum atomic E-state index is -0.511. The average Bonchev–Trinajstić information content (AvgIpc) is 3.08. The number of aromatic hydroxyl groups is 1. The van der Waals surface area contributed by atoms with Gasteiger partial charge in [-0.1, -0.05) is 11.3 Å². The third-order valence-corrected chi connectivity index (χ3v) is 3.42. The molecule has 0 aliphatic rings. The topological polar surface area (TPSA) is 86.5 Å². The second-order valence-corrected chi connectivity index (χ2v) is 5.34. The molecule has 1 N–H and O–H groups in total. The fraction of sp³-hybridized carbons (Fsp3) is 0.167. The van der Waals surface area contributed by atoms with Gasteiger partial charge in [0.1, 0.15) is 5.75 Å². The van der Waals surface area contributed by atoms with Crippen LogP contribution >= 0.6 is 0 Å². The predicted octanol–water partition coefficient (Wildman–Crippen LogP) is 3.25. The van der Waals surface area contributed by atoms with Crippen molar-refractivity contribution in [2.24, 2.45) is 0 Å². The molecule has 0 amide bonds. The highest BCUT2D eigenvalue weighted by Gasteiger charge is 2.12. The first-order valence-corrected chi connectivity index (χ1v) is 7.74. The molecule has 0 fully saturated rings. The fourth-order valence-electron chi connectivity index (χ4n) is 2.20. The molecule has 1 heterocycles. The maximum atomic E-state index is 11.6. The number of carbonyl (C=O) groups excluding carboxylic acids is 1. The maximum Gasteiger partial charge on any atom is 0.360 e. The maximum absolute atomic E-state index is 11.6. The summed E-state index contributed by atoms with van der Waals surface area (Å²) in [6.45, 7) is 3.90. The first-order chi connectivity index (χ1) is 12.1. The minimum absolute atomic E-state index is 0.0828. The lowest BCUT2D eigenvalue weighted by atomic mass is 10.2. The Balaban J connectivity index is 1.75.